The van der Waals surface area contributed by atoms with E-state index in [0.29, 0.717) is 0 Å². The van der Waals surface area contributed by atoms with Gasteiger partial charge in [-0.25, -0.2) is 13.1 Å². The molecule has 0 bridgehead atoms. The molecule has 1 rings (SSSR count). The predicted octanol–water partition coefficient (Wildman–Crippen LogP) is 2.55. The first-order valence-electron chi connectivity index (χ1n) is 5.75. The van der Waals surface area contributed by atoms with Crippen LogP contribution in [0.25, 0.3) is 0 Å². The molecular formula is C13H21NO2S. The van der Waals surface area contributed by atoms with Crippen LogP contribution >= 0.6 is 0 Å². The van der Waals surface area contributed by atoms with E-state index in [1.807, 2.05) is 39.8 Å². The van der Waals surface area contributed by atoms with Gasteiger partial charge in [0.25, 0.3) is 0 Å². The van der Waals surface area contributed by atoms with Gasteiger partial charge in [-0.1, -0.05) is 37.6 Å². The predicted molar refractivity (Wildman–Crippen MR) is 71.5 cm³/mol. The van der Waals surface area contributed by atoms with Crippen LogP contribution in [0.1, 0.15) is 36.6 Å². The summed E-state index contributed by atoms with van der Waals surface area (Å²) in [7, 11) is -3.19. The van der Waals surface area contributed by atoms with Crippen LogP contribution < -0.4 is 4.72 Å². The Labute approximate surface area is 104 Å². The third-order valence-electron chi connectivity index (χ3n) is 2.77. The third kappa shape index (κ3) is 4.13. The smallest absolute Gasteiger partial charge is 0.209 e. The average Bonchev–Trinajstić information content (AvgIpc) is 2.13. The van der Waals surface area contributed by atoms with Crippen molar-refractivity contribution in [1.82, 2.24) is 4.72 Å². The van der Waals surface area contributed by atoms with E-state index in [9.17, 15) is 8.42 Å². The number of aryl methyl sites for hydroxylation is 2. The Morgan fingerprint density at radius 2 is 1.76 bits per heavy atom. The molecule has 1 aromatic rings. The number of hydrogen-bond acceptors (Lipinski definition) is 2. The van der Waals surface area contributed by atoms with E-state index in [-0.39, 0.29) is 12.0 Å². The van der Waals surface area contributed by atoms with E-state index in [4.69, 9.17) is 0 Å². The van der Waals surface area contributed by atoms with Crippen LogP contribution in [-0.2, 0) is 10.0 Å². The van der Waals surface area contributed by atoms with Crippen LogP contribution in [0.3, 0.4) is 0 Å². The normalized spacial score (nSPS) is 14.0. The summed E-state index contributed by atoms with van der Waals surface area (Å²) in [6, 6.07) is 5.94. The van der Waals surface area contributed by atoms with Gasteiger partial charge in [-0.05, 0) is 30.9 Å². The van der Waals surface area contributed by atoms with Gasteiger partial charge in [0.15, 0.2) is 0 Å². The Balaban J connectivity index is 3.15. The maximum atomic E-state index is 11.4. The molecule has 0 unspecified atom stereocenters. The summed E-state index contributed by atoms with van der Waals surface area (Å²) in [4.78, 5) is 0. The van der Waals surface area contributed by atoms with E-state index in [1.165, 1.54) is 11.8 Å². The SMILES string of the molecule is Cc1ccc([C@H](NS(C)(=O)=O)C(C)C)c(C)c1. The Kier molecular flexibility index (Phi) is 4.33. The van der Waals surface area contributed by atoms with E-state index < -0.39 is 10.0 Å². The van der Waals surface area contributed by atoms with Gasteiger partial charge in [-0.15, -0.1) is 0 Å². The average molecular weight is 255 g/mol. The van der Waals surface area contributed by atoms with Gasteiger partial charge in [-0.3, -0.25) is 0 Å². The van der Waals surface area contributed by atoms with Gasteiger partial charge in [0.1, 0.15) is 0 Å². The highest BCUT2D eigenvalue weighted by atomic mass is 32.2. The zero-order valence-electron chi connectivity index (χ0n) is 11.1. The molecule has 1 N–H and O–H groups in total. The second-order valence-corrected chi connectivity index (χ2v) is 6.75. The molecule has 96 valence electrons. The first-order chi connectivity index (χ1) is 7.70. The second kappa shape index (κ2) is 5.19. The molecule has 1 aromatic carbocycles. The minimum absolute atomic E-state index is 0.161. The molecule has 0 aromatic heterocycles. The highest BCUT2D eigenvalue weighted by Gasteiger charge is 2.21. The minimum atomic E-state index is -3.19. The summed E-state index contributed by atoms with van der Waals surface area (Å²) in [6.07, 6.45) is 1.20. The van der Waals surface area contributed by atoms with Crippen molar-refractivity contribution in [1.29, 1.82) is 0 Å². The number of benzene rings is 1. The van der Waals surface area contributed by atoms with Crippen LogP contribution in [-0.4, -0.2) is 14.7 Å². The van der Waals surface area contributed by atoms with Gasteiger partial charge < -0.3 is 0 Å². The minimum Gasteiger partial charge on any atom is -0.213 e. The summed E-state index contributed by atoms with van der Waals surface area (Å²) >= 11 is 0. The first-order valence-corrected chi connectivity index (χ1v) is 7.64. The second-order valence-electron chi connectivity index (χ2n) is 4.97. The van der Waals surface area contributed by atoms with Crippen LogP contribution in [0.2, 0.25) is 0 Å². The van der Waals surface area contributed by atoms with E-state index in [0.717, 1.165) is 11.1 Å². The topological polar surface area (TPSA) is 46.2 Å². The van der Waals surface area contributed by atoms with Crippen molar-refractivity contribution in [3.8, 4) is 0 Å². The molecule has 0 saturated carbocycles. The molecular weight excluding hydrogens is 234 g/mol. The summed E-state index contributed by atoms with van der Waals surface area (Å²) < 4.78 is 25.5. The molecule has 0 radical (unpaired) electrons. The number of hydrogen-bond donors (Lipinski definition) is 1. The van der Waals surface area contributed by atoms with Gasteiger partial charge in [0, 0.05) is 6.04 Å². The number of rotatable bonds is 4. The lowest BCUT2D eigenvalue weighted by atomic mass is 9.92. The molecule has 0 aliphatic heterocycles. The van der Waals surface area contributed by atoms with Gasteiger partial charge in [0.2, 0.25) is 10.0 Å². The van der Waals surface area contributed by atoms with Crippen molar-refractivity contribution in [2.45, 2.75) is 33.7 Å². The molecule has 0 aliphatic rings. The lowest BCUT2D eigenvalue weighted by Crippen LogP contribution is -2.31. The quantitative estimate of drug-likeness (QED) is 0.898. The standard InChI is InChI=1S/C13H21NO2S/c1-9(2)13(14-17(5,15)16)12-7-6-10(3)8-11(12)4/h6-9,13-14H,1-5H3/t13-/m1/s1. The summed E-state index contributed by atoms with van der Waals surface area (Å²) in [5.74, 6) is 0.214. The molecule has 0 aliphatic carbocycles. The fourth-order valence-corrected chi connectivity index (χ4v) is 2.82. The van der Waals surface area contributed by atoms with Crippen molar-refractivity contribution in [2.75, 3.05) is 6.26 Å². The van der Waals surface area contributed by atoms with Crippen LogP contribution in [0.15, 0.2) is 18.2 Å². The summed E-state index contributed by atoms with van der Waals surface area (Å²) in [5, 5.41) is 0. The molecule has 0 amide bonds. The lowest BCUT2D eigenvalue weighted by molar-refractivity contribution is 0.463. The Bertz CT molecular complexity index is 492. The third-order valence-corrected chi connectivity index (χ3v) is 3.45. The van der Waals surface area contributed by atoms with Crippen molar-refractivity contribution >= 4 is 10.0 Å². The fourth-order valence-electron chi connectivity index (χ4n) is 1.96. The Morgan fingerprint density at radius 1 is 1.18 bits per heavy atom. The fraction of sp³-hybridized carbons (Fsp3) is 0.538. The molecule has 17 heavy (non-hydrogen) atoms. The molecule has 0 fully saturated rings. The van der Waals surface area contributed by atoms with Crippen molar-refractivity contribution in [3.63, 3.8) is 0 Å². The van der Waals surface area contributed by atoms with Crippen LogP contribution in [0, 0.1) is 19.8 Å². The first kappa shape index (κ1) is 14.2. The monoisotopic (exact) mass is 255 g/mol. The largest absolute Gasteiger partial charge is 0.213 e. The molecule has 0 spiro atoms. The molecule has 4 heteroatoms. The number of nitrogens with one attached hydrogen (secondary N) is 1. The maximum absolute atomic E-state index is 11.4. The summed E-state index contributed by atoms with van der Waals surface area (Å²) in [6.45, 7) is 8.08. The maximum Gasteiger partial charge on any atom is 0.209 e. The zero-order chi connectivity index (χ0) is 13.2. The van der Waals surface area contributed by atoms with Gasteiger partial charge >= 0.3 is 0 Å². The molecule has 0 heterocycles. The molecule has 3 nitrogen and oxygen atoms in total. The highest BCUT2D eigenvalue weighted by molar-refractivity contribution is 7.88. The van der Waals surface area contributed by atoms with E-state index in [1.54, 1.807) is 0 Å². The van der Waals surface area contributed by atoms with Crippen molar-refractivity contribution in [2.24, 2.45) is 5.92 Å². The zero-order valence-corrected chi connectivity index (χ0v) is 11.9. The van der Waals surface area contributed by atoms with Crippen molar-refractivity contribution in [3.05, 3.63) is 34.9 Å². The van der Waals surface area contributed by atoms with Crippen LogP contribution in [0.5, 0.6) is 0 Å². The van der Waals surface area contributed by atoms with Crippen molar-refractivity contribution < 1.29 is 8.42 Å². The molecule has 1 atom stereocenters. The van der Waals surface area contributed by atoms with E-state index >= 15 is 0 Å². The Morgan fingerprint density at radius 3 is 2.18 bits per heavy atom. The van der Waals surface area contributed by atoms with Crippen LogP contribution in [0.4, 0.5) is 0 Å². The number of sulfonamides is 1. The van der Waals surface area contributed by atoms with Gasteiger partial charge in [-0.2, -0.15) is 0 Å². The molecule has 0 saturated heterocycles. The van der Waals surface area contributed by atoms with Gasteiger partial charge in [0.05, 0.1) is 6.26 Å². The lowest BCUT2D eigenvalue weighted by Gasteiger charge is -2.23. The Hall–Kier alpha value is -0.870. The van der Waals surface area contributed by atoms with E-state index in [2.05, 4.69) is 10.8 Å². The highest BCUT2D eigenvalue weighted by Crippen LogP contribution is 2.25. The summed E-state index contributed by atoms with van der Waals surface area (Å²) in [5.41, 5.74) is 3.36.